The molecular weight excluding hydrogens is 324 g/mol. The smallest absolute Gasteiger partial charge is 0.0183 e. The van der Waals surface area contributed by atoms with Crippen LogP contribution in [-0.4, -0.2) is 26.6 Å². The molecule has 3 heteroatoms. The first-order valence-corrected chi connectivity index (χ1v) is 16.0. The van der Waals surface area contributed by atoms with Gasteiger partial charge < -0.3 is 0 Å². The third kappa shape index (κ3) is 22.7. The lowest BCUT2D eigenvalue weighted by Gasteiger charge is -2.02. The Morgan fingerprint density at radius 2 is 0.696 bits per heavy atom. The molecule has 0 aliphatic rings. The summed E-state index contributed by atoms with van der Waals surface area (Å²) >= 11 is 0. The first kappa shape index (κ1) is 23.7. The van der Waals surface area contributed by atoms with Crippen molar-refractivity contribution in [1.82, 2.24) is 0 Å². The molecule has 6 radical (unpaired) electrons. The van der Waals surface area contributed by atoms with Crippen molar-refractivity contribution in [2.45, 2.75) is 129 Å². The maximum atomic E-state index is 2.30. The SMILES string of the molecule is CCCCCCCCCC[Si][Si][Si]CCCCCCCCCC. The standard InChI is InChI=1S/C20H42Si3/c1-3-5-7-9-11-13-15-17-19-21-23-22-20-18-16-14-12-10-8-6-4-2/h3-20H2,1-2H3. The molecule has 0 nitrogen and oxygen atoms in total. The Labute approximate surface area is 155 Å². The van der Waals surface area contributed by atoms with Gasteiger partial charge in [-0.1, -0.05) is 129 Å². The summed E-state index contributed by atoms with van der Waals surface area (Å²) in [5, 5.41) is 0. The van der Waals surface area contributed by atoms with Crippen molar-refractivity contribution in [2.24, 2.45) is 0 Å². The molecule has 0 heterocycles. The van der Waals surface area contributed by atoms with Gasteiger partial charge in [0, 0.05) is 26.6 Å². The summed E-state index contributed by atoms with van der Waals surface area (Å²) in [5.41, 5.74) is 0. The Balaban J connectivity index is 2.92. The summed E-state index contributed by atoms with van der Waals surface area (Å²) < 4.78 is 0. The molecule has 0 aromatic carbocycles. The lowest BCUT2D eigenvalue weighted by molar-refractivity contribution is 0.585. The summed E-state index contributed by atoms with van der Waals surface area (Å²) in [5.74, 6) is 0. The number of hydrogen-bond acceptors (Lipinski definition) is 0. The summed E-state index contributed by atoms with van der Waals surface area (Å²) in [7, 11) is 3.90. The summed E-state index contributed by atoms with van der Waals surface area (Å²) in [6, 6.07) is 3.08. The minimum atomic E-state index is 1.30. The molecule has 0 unspecified atom stereocenters. The van der Waals surface area contributed by atoms with E-state index < -0.39 is 0 Å². The van der Waals surface area contributed by atoms with Gasteiger partial charge in [-0.15, -0.1) is 0 Å². The molecule has 0 saturated heterocycles. The van der Waals surface area contributed by atoms with Gasteiger partial charge in [-0.2, -0.15) is 0 Å². The highest BCUT2D eigenvalue weighted by atomic mass is 29.5. The van der Waals surface area contributed by atoms with Gasteiger partial charge in [0.2, 0.25) is 0 Å². The maximum absolute atomic E-state index is 2.30. The second kappa shape index (κ2) is 22.7. The molecular formula is C20H42Si3. The van der Waals surface area contributed by atoms with E-state index in [0.29, 0.717) is 0 Å². The van der Waals surface area contributed by atoms with Crippen molar-refractivity contribution in [3.8, 4) is 0 Å². The van der Waals surface area contributed by atoms with Crippen LogP contribution >= 0.6 is 0 Å². The van der Waals surface area contributed by atoms with E-state index >= 15 is 0 Å². The van der Waals surface area contributed by atoms with E-state index in [-0.39, 0.29) is 0 Å². The van der Waals surface area contributed by atoms with Gasteiger partial charge in [-0.25, -0.2) is 0 Å². The zero-order valence-corrected chi connectivity index (χ0v) is 19.2. The van der Waals surface area contributed by atoms with Crippen molar-refractivity contribution in [2.75, 3.05) is 0 Å². The second-order valence-corrected chi connectivity index (χ2v) is 14.0. The van der Waals surface area contributed by atoms with Crippen molar-refractivity contribution < 1.29 is 0 Å². The Bertz CT molecular complexity index is 177. The molecule has 0 rings (SSSR count). The molecule has 0 amide bonds. The van der Waals surface area contributed by atoms with E-state index in [1.807, 2.05) is 0 Å². The lowest BCUT2D eigenvalue weighted by atomic mass is 10.1. The van der Waals surface area contributed by atoms with Crippen molar-refractivity contribution in [3.05, 3.63) is 0 Å². The molecule has 0 atom stereocenters. The minimum absolute atomic E-state index is 1.30. The third-order valence-electron chi connectivity index (χ3n) is 4.49. The summed E-state index contributed by atoms with van der Waals surface area (Å²) in [6.45, 7) is 4.61. The molecule has 0 aliphatic heterocycles. The molecule has 0 spiro atoms. The van der Waals surface area contributed by atoms with Gasteiger partial charge >= 0.3 is 0 Å². The van der Waals surface area contributed by atoms with Crippen molar-refractivity contribution in [1.29, 1.82) is 0 Å². The average molecular weight is 367 g/mol. The minimum Gasteiger partial charge on any atom is -0.0654 e. The highest BCUT2D eigenvalue weighted by Gasteiger charge is 1.96. The van der Waals surface area contributed by atoms with Crippen LogP contribution in [-0.2, 0) is 0 Å². The van der Waals surface area contributed by atoms with Crippen LogP contribution in [0.15, 0.2) is 0 Å². The largest absolute Gasteiger partial charge is 0.0654 e. The monoisotopic (exact) mass is 366 g/mol. The van der Waals surface area contributed by atoms with E-state index in [0.717, 1.165) is 0 Å². The van der Waals surface area contributed by atoms with Crippen LogP contribution in [0.4, 0.5) is 0 Å². The molecule has 0 saturated carbocycles. The highest BCUT2D eigenvalue weighted by Crippen LogP contribution is 2.10. The first-order valence-electron chi connectivity index (χ1n) is 10.6. The maximum Gasteiger partial charge on any atom is 0.0183 e. The van der Waals surface area contributed by atoms with E-state index in [1.54, 1.807) is 0 Å². The topological polar surface area (TPSA) is 0 Å². The van der Waals surface area contributed by atoms with Gasteiger partial charge in [-0.3, -0.25) is 0 Å². The average Bonchev–Trinajstić information content (AvgIpc) is 2.57. The Morgan fingerprint density at radius 3 is 1.04 bits per heavy atom. The zero-order chi connectivity index (χ0) is 16.8. The van der Waals surface area contributed by atoms with Crippen LogP contribution in [0, 0.1) is 0 Å². The number of unbranched alkanes of at least 4 members (excludes halogenated alkanes) is 14. The van der Waals surface area contributed by atoms with Gasteiger partial charge in [0.25, 0.3) is 0 Å². The van der Waals surface area contributed by atoms with Crippen molar-refractivity contribution >= 4 is 26.6 Å². The summed E-state index contributed by atoms with van der Waals surface area (Å²) in [6.07, 6.45) is 23.6. The van der Waals surface area contributed by atoms with Crippen LogP contribution in [0.25, 0.3) is 0 Å². The van der Waals surface area contributed by atoms with Crippen LogP contribution in [0.1, 0.15) is 117 Å². The molecule has 0 N–H and O–H groups in total. The molecule has 0 aliphatic carbocycles. The fourth-order valence-electron chi connectivity index (χ4n) is 2.88. The number of rotatable bonds is 20. The Hall–Kier alpha value is 0.651. The predicted molar refractivity (Wildman–Crippen MR) is 112 cm³/mol. The second-order valence-electron chi connectivity index (χ2n) is 6.93. The van der Waals surface area contributed by atoms with Crippen LogP contribution in [0.3, 0.4) is 0 Å². The van der Waals surface area contributed by atoms with E-state index in [2.05, 4.69) is 13.8 Å². The van der Waals surface area contributed by atoms with Crippen LogP contribution in [0.5, 0.6) is 0 Å². The van der Waals surface area contributed by atoms with E-state index in [4.69, 9.17) is 0 Å². The molecule has 0 aromatic heterocycles. The normalized spacial score (nSPS) is 11.2. The molecule has 0 aromatic rings. The van der Waals surface area contributed by atoms with Crippen molar-refractivity contribution in [3.63, 3.8) is 0 Å². The first-order chi connectivity index (χ1) is 11.4. The molecule has 23 heavy (non-hydrogen) atoms. The Morgan fingerprint density at radius 1 is 0.391 bits per heavy atom. The van der Waals surface area contributed by atoms with Gasteiger partial charge in [0.15, 0.2) is 0 Å². The number of hydrogen-bond donors (Lipinski definition) is 0. The highest BCUT2D eigenvalue weighted by molar-refractivity contribution is 7.29. The molecule has 0 fully saturated rings. The van der Waals surface area contributed by atoms with Gasteiger partial charge in [-0.05, 0) is 0 Å². The zero-order valence-electron chi connectivity index (χ0n) is 16.2. The fraction of sp³-hybridized carbons (Fsp3) is 1.00. The quantitative estimate of drug-likeness (QED) is 0.160. The van der Waals surface area contributed by atoms with E-state index in [9.17, 15) is 0 Å². The molecule has 0 bridgehead atoms. The van der Waals surface area contributed by atoms with Crippen LogP contribution in [0.2, 0.25) is 12.1 Å². The lowest BCUT2D eigenvalue weighted by Crippen LogP contribution is -2.11. The predicted octanol–water partition coefficient (Wildman–Crippen LogP) is 7.05. The van der Waals surface area contributed by atoms with Crippen LogP contribution < -0.4 is 0 Å². The van der Waals surface area contributed by atoms with Gasteiger partial charge in [0.1, 0.15) is 0 Å². The van der Waals surface area contributed by atoms with Gasteiger partial charge in [0.05, 0.1) is 0 Å². The summed E-state index contributed by atoms with van der Waals surface area (Å²) in [4.78, 5) is 0. The Kier molecular flexibility index (Phi) is 23.3. The molecule has 134 valence electrons. The third-order valence-corrected chi connectivity index (χ3v) is 11.8. The fourth-order valence-corrected chi connectivity index (χ4v) is 9.67. The van der Waals surface area contributed by atoms with E-state index in [1.165, 1.54) is 141 Å².